The molecule has 2 fully saturated rings. The van der Waals surface area contributed by atoms with E-state index in [1.165, 1.54) is 11.8 Å². The van der Waals surface area contributed by atoms with Gasteiger partial charge in [0.15, 0.2) is 5.17 Å². The van der Waals surface area contributed by atoms with Crippen LogP contribution >= 0.6 is 35.0 Å². The highest BCUT2D eigenvalue weighted by Crippen LogP contribution is 2.56. The third kappa shape index (κ3) is 6.11. The van der Waals surface area contributed by atoms with Gasteiger partial charge in [0.25, 0.3) is 12.3 Å². The van der Waals surface area contributed by atoms with Crippen molar-refractivity contribution in [3.63, 3.8) is 0 Å². The van der Waals surface area contributed by atoms with Crippen LogP contribution in [0.25, 0.3) is 0 Å². The molecule has 45 heavy (non-hydrogen) atoms. The molecule has 6 rings (SSSR count). The maximum absolute atomic E-state index is 14.4. The topological polar surface area (TPSA) is 59.5 Å². The van der Waals surface area contributed by atoms with Gasteiger partial charge in [-0.3, -0.25) is 14.5 Å². The third-order valence-electron chi connectivity index (χ3n) is 9.24. The number of alkyl halides is 2. The molecule has 4 aliphatic rings. The van der Waals surface area contributed by atoms with E-state index in [0.29, 0.717) is 54.1 Å². The first-order valence-corrected chi connectivity index (χ1v) is 17.0. The van der Waals surface area contributed by atoms with Crippen LogP contribution in [0, 0.1) is 5.92 Å². The zero-order valence-electron chi connectivity index (χ0n) is 25.6. The van der Waals surface area contributed by atoms with Gasteiger partial charge in [0, 0.05) is 48.5 Å². The van der Waals surface area contributed by atoms with Crippen LogP contribution in [0.3, 0.4) is 0 Å². The predicted molar refractivity (Wildman–Crippen MR) is 175 cm³/mol. The predicted octanol–water partition coefficient (Wildman–Crippen LogP) is 6.64. The van der Waals surface area contributed by atoms with Crippen LogP contribution < -0.4 is 0 Å². The number of aliphatic imine (C=N–C) groups is 1. The van der Waals surface area contributed by atoms with Gasteiger partial charge in [-0.1, -0.05) is 61.3 Å². The maximum Gasteiger partial charge on any atom is 0.263 e. The monoisotopic (exact) mass is 675 g/mol. The highest BCUT2D eigenvalue weighted by molar-refractivity contribution is 8.18. The Bertz CT molecular complexity index is 1510. The number of hydrogen-bond donors (Lipinski definition) is 0. The van der Waals surface area contributed by atoms with Crippen molar-refractivity contribution >= 4 is 51.9 Å². The smallest absolute Gasteiger partial charge is 0.263 e. The van der Waals surface area contributed by atoms with Crippen LogP contribution in [0.2, 0.25) is 10.0 Å². The van der Waals surface area contributed by atoms with Crippen LogP contribution in [0.5, 0.6) is 0 Å². The van der Waals surface area contributed by atoms with Crippen molar-refractivity contribution in [1.82, 2.24) is 19.6 Å². The molecule has 240 valence electrons. The number of likely N-dealkylation sites (tertiary alicyclic amines) is 1. The lowest BCUT2D eigenvalue weighted by atomic mass is 9.81. The molecule has 0 aliphatic carbocycles. The summed E-state index contributed by atoms with van der Waals surface area (Å²) in [6.45, 7) is 8.05. The summed E-state index contributed by atoms with van der Waals surface area (Å²) in [6.07, 6.45) is -1.08. The largest absolute Gasteiger partial charge is 0.338 e. The Morgan fingerprint density at radius 3 is 2.20 bits per heavy atom. The van der Waals surface area contributed by atoms with Crippen molar-refractivity contribution in [1.29, 1.82) is 0 Å². The van der Waals surface area contributed by atoms with Crippen molar-refractivity contribution in [2.75, 3.05) is 39.3 Å². The van der Waals surface area contributed by atoms with E-state index in [2.05, 4.69) is 25.7 Å². The lowest BCUT2D eigenvalue weighted by molar-refractivity contribution is -0.143. The molecular formula is C33H37Cl2F2N5O2S. The van der Waals surface area contributed by atoms with Crippen LogP contribution in [-0.4, -0.2) is 88.3 Å². The average Bonchev–Trinajstić information content (AvgIpc) is 3.70. The van der Waals surface area contributed by atoms with E-state index in [0.717, 1.165) is 28.4 Å². The molecule has 4 aliphatic heterocycles. The molecule has 0 spiro atoms. The van der Waals surface area contributed by atoms with E-state index >= 15 is 0 Å². The minimum Gasteiger partial charge on any atom is -0.338 e. The minimum absolute atomic E-state index is 0.00816. The number of benzene rings is 2. The Kier molecular flexibility index (Phi) is 9.22. The summed E-state index contributed by atoms with van der Waals surface area (Å²) in [7, 11) is 0. The fourth-order valence-corrected chi connectivity index (χ4v) is 8.63. The molecule has 7 nitrogen and oxygen atoms in total. The van der Waals surface area contributed by atoms with E-state index in [-0.39, 0.29) is 30.3 Å². The number of rotatable bonds is 7. The van der Waals surface area contributed by atoms with Crippen molar-refractivity contribution < 1.29 is 18.4 Å². The Morgan fingerprint density at radius 1 is 0.978 bits per heavy atom. The number of fused-ring (bicyclic) bond motifs is 1. The number of nitrogens with zero attached hydrogens (tertiary/aromatic N) is 5. The van der Waals surface area contributed by atoms with Crippen LogP contribution in [-0.2, 0) is 15.1 Å². The molecule has 0 bridgehead atoms. The second-order valence-electron chi connectivity index (χ2n) is 12.5. The lowest BCUT2D eigenvalue weighted by Gasteiger charge is -2.38. The third-order valence-corrected chi connectivity index (χ3v) is 10.8. The molecule has 0 radical (unpaired) electrons. The Balaban J connectivity index is 1.31. The van der Waals surface area contributed by atoms with Crippen molar-refractivity contribution in [2.45, 2.75) is 57.7 Å². The average molecular weight is 677 g/mol. The molecule has 2 amide bonds. The summed E-state index contributed by atoms with van der Waals surface area (Å²) >= 11 is 13.9. The van der Waals surface area contributed by atoms with E-state index in [4.69, 9.17) is 28.2 Å². The van der Waals surface area contributed by atoms with Gasteiger partial charge >= 0.3 is 0 Å². The van der Waals surface area contributed by atoms with Crippen LogP contribution in [0.4, 0.5) is 8.78 Å². The quantitative estimate of drug-likeness (QED) is 0.330. The zero-order valence-corrected chi connectivity index (χ0v) is 27.9. The van der Waals surface area contributed by atoms with Crippen LogP contribution in [0.1, 0.15) is 50.8 Å². The number of carbonyl (C=O) groups is 2. The first-order chi connectivity index (χ1) is 21.5. The summed E-state index contributed by atoms with van der Waals surface area (Å²) in [5, 5.41) is 2.03. The van der Waals surface area contributed by atoms with Gasteiger partial charge in [0.1, 0.15) is 16.5 Å². The fraction of sp³-hybridized carbons (Fsp3) is 0.485. The van der Waals surface area contributed by atoms with Gasteiger partial charge in [0.2, 0.25) is 5.91 Å². The number of piperazine rings is 1. The number of hydrogen-bond acceptors (Lipinski definition) is 6. The van der Waals surface area contributed by atoms with Gasteiger partial charge < -0.3 is 14.7 Å². The lowest BCUT2D eigenvalue weighted by Crippen LogP contribution is -2.55. The molecule has 0 N–H and O–H groups in total. The number of allylic oxidation sites excluding steroid dienone is 1. The van der Waals surface area contributed by atoms with Gasteiger partial charge in [-0.2, -0.15) is 0 Å². The van der Waals surface area contributed by atoms with Crippen molar-refractivity contribution in [3.8, 4) is 0 Å². The molecule has 12 heteroatoms. The van der Waals surface area contributed by atoms with E-state index in [1.807, 2.05) is 48.5 Å². The highest BCUT2D eigenvalue weighted by atomic mass is 35.5. The van der Waals surface area contributed by atoms with Gasteiger partial charge in [-0.25, -0.2) is 13.8 Å². The van der Waals surface area contributed by atoms with Gasteiger partial charge in [-0.15, -0.1) is 0 Å². The van der Waals surface area contributed by atoms with Crippen molar-refractivity contribution in [3.05, 3.63) is 80.3 Å². The molecule has 0 aromatic heterocycles. The molecular weight excluding hydrogens is 639 g/mol. The second-order valence-corrected chi connectivity index (χ2v) is 14.4. The second kappa shape index (κ2) is 12.9. The van der Waals surface area contributed by atoms with E-state index in [1.54, 1.807) is 14.7 Å². The Labute approximate surface area is 277 Å². The summed E-state index contributed by atoms with van der Waals surface area (Å²) < 4.78 is 25.7. The van der Waals surface area contributed by atoms with Crippen LogP contribution in [0.15, 0.2) is 64.1 Å². The summed E-state index contributed by atoms with van der Waals surface area (Å²) in [4.78, 5) is 41.3. The van der Waals surface area contributed by atoms with E-state index < -0.39 is 18.0 Å². The fourth-order valence-electron chi connectivity index (χ4n) is 7.02. The molecule has 0 saturated carbocycles. The first kappa shape index (κ1) is 32.3. The Morgan fingerprint density at radius 2 is 1.60 bits per heavy atom. The number of carbonyl (C=O) groups excluding carboxylic acids is 2. The normalized spacial score (nSPS) is 25.5. The van der Waals surface area contributed by atoms with Gasteiger partial charge in [-0.05, 0) is 72.8 Å². The molecule has 2 aromatic rings. The minimum atomic E-state index is -2.40. The SMILES string of the molecule is CC(C)C1=C(C(=O)N2CCC[C@H]2C(=O)N2CCN(CC(F)F)CC2)SC2=N[C@@](C)(c3ccc(Cl)cc3)[C@@H](c3ccc(Cl)cc3)N21. The number of thioether (sulfide) groups is 1. The zero-order chi connectivity index (χ0) is 32.0. The maximum atomic E-state index is 14.4. The Hall–Kier alpha value is -2.66. The van der Waals surface area contributed by atoms with Gasteiger partial charge in [0.05, 0.1) is 12.6 Å². The number of amidine groups is 1. The summed E-state index contributed by atoms with van der Waals surface area (Å²) in [6, 6.07) is 14.7. The summed E-state index contributed by atoms with van der Waals surface area (Å²) in [5.74, 6) is -0.262. The van der Waals surface area contributed by atoms with Crippen molar-refractivity contribution in [2.24, 2.45) is 10.9 Å². The number of amides is 2. The standard InChI is InChI=1S/C33H37Cl2F2N5O2S/c1-20(2)27-28(31(44)41-14-4-5-25(41)30(43)40-17-15-39(16-18-40)19-26(36)37)45-32-38-33(3,22-8-12-24(35)13-9-22)29(42(27)32)21-6-10-23(34)11-7-21/h6-13,20,25-26,29H,4-5,14-19H2,1-3H3/t25-,29+,33-/m0/s1. The molecule has 0 unspecified atom stereocenters. The van der Waals surface area contributed by atoms with E-state index in [9.17, 15) is 18.4 Å². The number of halogens is 4. The first-order valence-electron chi connectivity index (χ1n) is 15.4. The molecule has 2 saturated heterocycles. The molecule has 3 atom stereocenters. The molecule has 2 aromatic carbocycles. The molecule has 4 heterocycles. The summed E-state index contributed by atoms with van der Waals surface area (Å²) in [5.41, 5.74) is 2.24. The highest BCUT2D eigenvalue weighted by Gasteiger charge is 2.54.